The highest BCUT2D eigenvalue weighted by atomic mass is 35.5. The van der Waals surface area contributed by atoms with Gasteiger partial charge in [0.25, 0.3) is 5.91 Å². The number of phenolic OH excluding ortho intramolecular Hbond substituents is 1. The van der Waals surface area contributed by atoms with Crippen LogP contribution in [0.3, 0.4) is 0 Å². The van der Waals surface area contributed by atoms with E-state index in [4.69, 9.17) is 23.2 Å². The van der Waals surface area contributed by atoms with Gasteiger partial charge >= 0.3 is 0 Å². The lowest BCUT2D eigenvalue weighted by Gasteiger charge is -2.39. The molecule has 182 valence electrons. The number of rotatable bonds is 6. The van der Waals surface area contributed by atoms with E-state index < -0.39 is 0 Å². The molecule has 0 aliphatic carbocycles. The van der Waals surface area contributed by atoms with Crippen molar-refractivity contribution in [3.63, 3.8) is 0 Å². The van der Waals surface area contributed by atoms with Gasteiger partial charge in [-0.15, -0.1) is 0 Å². The van der Waals surface area contributed by atoms with Gasteiger partial charge in [-0.25, -0.2) is 0 Å². The minimum Gasteiger partial charge on any atom is -0.506 e. The van der Waals surface area contributed by atoms with E-state index in [1.165, 1.54) is 6.08 Å². The first kappa shape index (κ1) is 25.9. The van der Waals surface area contributed by atoms with E-state index in [0.717, 1.165) is 22.3 Å². The van der Waals surface area contributed by atoms with Gasteiger partial charge in [-0.1, -0.05) is 50.6 Å². The fraction of sp³-hybridized carbons (Fsp3) is 0.385. The number of phenols is 1. The van der Waals surface area contributed by atoms with Gasteiger partial charge in [0.15, 0.2) is 0 Å². The predicted octanol–water partition coefficient (Wildman–Crippen LogP) is 5.35. The summed E-state index contributed by atoms with van der Waals surface area (Å²) in [6.45, 7) is 14.8. The van der Waals surface area contributed by atoms with E-state index in [0.29, 0.717) is 40.9 Å². The molecule has 0 saturated carbocycles. The van der Waals surface area contributed by atoms with Gasteiger partial charge in [-0.2, -0.15) is 0 Å². The van der Waals surface area contributed by atoms with Crippen molar-refractivity contribution in [2.75, 3.05) is 18.4 Å². The Bertz CT molecular complexity index is 1150. The Labute approximate surface area is 210 Å². The maximum absolute atomic E-state index is 12.9. The molecule has 1 aliphatic rings. The highest BCUT2D eigenvalue weighted by Gasteiger charge is 2.31. The zero-order valence-electron chi connectivity index (χ0n) is 20.2. The van der Waals surface area contributed by atoms with Crippen molar-refractivity contribution in [3.8, 4) is 5.75 Å². The fourth-order valence-electron chi connectivity index (χ4n) is 4.01. The first-order valence-corrected chi connectivity index (χ1v) is 11.9. The second-order valence-corrected chi connectivity index (χ2v) is 10.5. The van der Waals surface area contributed by atoms with Crippen LogP contribution in [0.25, 0.3) is 0 Å². The third-order valence-corrected chi connectivity index (χ3v) is 6.86. The van der Waals surface area contributed by atoms with Crippen LogP contribution in [0.15, 0.2) is 30.9 Å². The molecule has 2 amide bonds. The second-order valence-electron chi connectivity index (χ2n) is 9.71. The van der Waals surface area contributed by atoms with Gasteiger partial charge in [0.1, 0.15) is 5.75 Å². The average Bonchev–Trinajstić information content (AvgIpc) is 2.71. The van der Waals surface area contributed by atoms with Crippen LogP contribution in [0.5, 0.6) is 5.75 Å². The maximum Gasteiger partial charge on any atom is 0.253 e. The summed E-state index contributed by atoms with van der Waals surface area (Å²) in [7, 11) is 0. The quantitative estimate of drug-likeness (QED) is 0.366. The molecule has 2 aromatic carbocycles. The molecule has 8 heteroatoms. The molecule has 2 aromatic rings. The first-order valence-electron chi connectivity index (χ1n) is 11.1. The molecule has 1 fully saturated rings. The van der Waals surface area contributed by atoms with Gasteiger partial charge in [0.2, 0.25) is 5.91 Å². The van der Waals surface area contributed by atoms with Crippen LogP contribution < -0.4 is 10.6 Å². The highest BCUT2D eigenvalue weighted by molar-refractivity contribution is 6.34. The monoisotopic (exact) mass is 503 g/mol. The summed E-state index contributed by atoms with van der Waals surface area (Å²) in [5, 5.41) is 17.5. The largest absolute Gasteiger partial charge is 0.506 e. The van der Waals surface area contributed by atoms with E-state index in [1.807, 2.05) is 19.9 Å². The summed E-state index contributed by atoms with van der Waals surface area (Å²) < 4.78 is 0. The molecule has 6 nitrogen and oxygen atoms in total. The normalized spacial score (nSPS) is 13.9. The van der Waals surface area contributed by atoms with Crippen LogP contribution in [-0.2, 0) is 16.8 Å². The zero-order valence-corrected chi connectivity index (χ0v) is 21.7. The molecular formula is C26H31Cl2N3O3. The summed E-state index contributed by atoms with van der Waals surface area (Å²) in [6, 6.07) is 5.08. The molecule has 1 aliphatic heterocycles. The van der Waals surface area contributed by atoms with Crippen molar-refractivity contribution in [2.45, 2.75) is 52.6 Å². The topological polar surface area (TPSA) is 81.7 Å². The molecule has 0 atom stereocenters. The maximum atomic E-state index is 12.9. The number of carbonyl (C=O) groups excluding carboxylic acids is 2. The smallest absolute Gasteiger partial charge is 0.253 e. The number of aromatic hydroxyl groups is 1. The third-order valence-electron chi connectivity index (χ3n) is 6.25. The first-order chi connectivity index (χ1) is 15.8. The fourth-order valence-corrected chi connectivity index (χ4v) is 4.81. The van der Waals surface area contributed by atoms with Crippen molar-refractivity contribution in [3.05, 3.63) is 68.7 Å². The van der Waals surface area contributed by atoms with Crippen LogP contribution in [0, 0.1) is 13.8 Å². The Hall–Kier alpha value is -2.70. The predicted molar refractivity (Wildman–Crippen MR) is 138 cm³/mol. The van der Waals surface area contributed by atoms with Gasteiger partial charge in [-0.05, 0) is 59.7 Å². The minimum atomic E-state index is -0.258. The van der Waals surface area contributed by atoms with Gasteiger partial charge < -0.3 is 20.6 Å². The number of halogens is 2. The molecule has 34 heavy (non-hydrogen) atoms. The van der Waals surface area contributed by atoms with Crippen LogP contribution in [0.2, 0.25) is 10.0 Å². The molecule has 1 heterocycles. The van der Waals surface area contributed by atoms with Crippen LogP contribution >= 0.6 is 23.2 Å². The van der Waals surface area contributed by atoms with Crippen molar-refractivity contribution >= 4 is 40.7 Å². The van der Waals surface area contributed by atoms with Gasteiger partial charge in [-0.3, -0.25) is 9.59 Å². The van der Waals surface area contributed by atoms with Crippen molar-refractivity contribution in [2.24, 2.45) is 0 Å². The number of anilines is 1. The van der Waals surface area contributed by atoms with Crippen LogP contribution in [0.1, 0.15) is 53.4 Å². The lowest BCUT2D eigenvalue weighted by atomic mass is 9.86. The highest BCUT2D eigenvalue weighted by Crippen LogP contribution is 2.37. The number of nitrogens with zero attached hydrogens (tertiary/aromatic N) is 1. The molecule has 1 saturated heterocycles. The minimum absolute atomic E-state index is 0.0685. The number of hydrogen-bond donors (Lipinski definition) is 3. The van der Waals surface area contributed by atoms with Crippen molar-refractivity contribution in [1.82, 2.24) is 10.2 Å². The summed E-state index contributed by atoms with van der Waals surface area (Å²) in [4.78, 5) is 26.1. The number of likely N-dealkylation sites (tertiary alicyclic amines) is 1. The molecular weight excluding hydrogens is 473 g/mol. The Morgan fingerprint density at radius 3 is 2.38 bits per heavy atom. The average molecular weight is 504 g/mol. The van der Waals surface area contributed by atoms with Gasteiger partial charge in [0, 0.05) is 30.7 Å². The molecule has 3 rings (SSSR count). The Kier molecular flexibility index (Phi) is 7.53. The SMILES string of the molecule is C=CC(=O)N1CC(NC(=O)c2c(Cl)cc(CNc3cc(C(C)(C)C)c(Cl)cc3O)c(C)c2C)C1. The lowest BCUT2D eigenvalue weighted by molar-refractivity contribution is -0.130. The number of benzene rings is 2. The van der Waals surface area contributed by atoms with Crippen LogP contribution in [-0.4, -0.2) is 41.0 Å². The summed E-state index contributed by atoms with van der Waals surface area (Å²) in [5.74, 6) is -0.335. The van der Waals surface area contributed by atoms with E-state index in [9.17, 15) is 14.7 Å². The van der Waals surface area contributed by atoms with E-state index in [-0.39, 0.29) is 29.0 Å². The van der Waals surface area contributed by atoms with Crippen LogP contribution in [0.4, 0.5) is 5.69 Å². The Morgan fingerprint density at radius 1 is 1.15 bits per heavy atom. The summed E-state index contributed by atoms with van der Waals surface area (Å²) >= 11 is 12.9. The molecule has 0 bridgehead atoms. The molecule has 3 N–H and O–H groups in total. The number of hydrogen-bond acceptors (Lipinski definition) is 4. The lowest BCUT2D eigenvalue weighted by Crippen LogP contribution is -2.60. The molecule has 0 unspecified atom stereocenters. The van der Waals surface area contributed by atoms with E-state index in [2.05, 4.69) is 38.0 Å². The number of amides is 2. The van der Waals surface area contributed by atoms with E-state index >= 15 is 0 Å². The van der Waals surface area contributed by atoms with E-state index in [1.54, 1.807) is 17.0 Å². The zero-order chi connectivity index (χ0) is 25.4. The summed E-state index contributed by atoms with van der Waals surface area (Å²) in [5.41, 5.74) is 4.39. The van der Waals surface area contributed by atoms with Crippen molar-refractivity contribution in [1.29, 1.82) is 0 Å². The van der Waals surface area contributed by atoms with Crippen molar-refractivity contribution < 1.29 is 14.7 Å². The number of nitrogens with one attached hydrogen (secondary N) is 2. The summed E-state index contributed by atoms with van der Waals surface area (Å²) in [6.07, 6.45) is 1.27. The Morgan fingerprint density at radius 2 is 1.79 bits per heavy atom. The second kappa shape index (κ2) is 9.88. The molecule has 0 aromatic heterocycles. The standard InChI is InChI=1S/C26H31Cl2N3O3/c1-7-23(33)31-12-17(13-31)30-25(34)24-15(3)14(2)16(8-20(24)28)11-29-21-9-18(26(4,5)6)19(27)10-22(21)32/h7-10,17,29,32H,1,11-13H2,2-6H3,(H,30,34). The Balaban J connectivity index is 1.75. The molecule has 0 spiro atoms. The van der Waals surface area contributed by atoms with Gasteiger partial charge in [0.05, 0.1) is 22.3 Å². The third kappa shape index (κ3) is 5.34. The number of carbonyl (C=O) groups is 2. The molecule has 0 radical (unpaired) electrons.